The average molecular weight is 306 g/mol. The average Bonchev–Trinajstić information content (AvgIpc) is 2.28. The summed E-state index contributed by atoms with van der Waals surface area (Å²) in [6.07, 6.45) is 4.85. The van der Waals surface area contributed by atoms with E-state index < -0.39 is 0 Å². The van der Waals surface area contributed by atoms with E-state index in [1.54, 1.807) is 18.5 Å². The summed E-state index contributed by atoms with van der Waals surface area (Å²) < 4.78 is 0.797. The Morgan fingerprint density at radius 3 is 2.94 bits per heavy atom. The van der Waals surface area contributed by atoms with Crippen molar-refractivity contribution in [3.63, 3.8) is 0 Å². The van der Waals surface area contributed by atoms with E-state index in [1.807, 2.05) is 6.92 Å². The van der Waals surface area contributed by atoms with Gasteiger partial charge in [-0.05, 0) is 34.8 Å². The maximum atomic E-state index is 11.8. The van der Waals surface area contributed by atoms with Gasteiger partial charge in [0.2, 0.25) is 0 Å². The van der Waals surface area contributed by atoms with Crippen LogP contribution in [0.15, 0.2) is 22.9 Å². The zero-order valence-corrected chi connectivity index (χ0v) is 11.4. The van der Waals surface area contributed by atoms with Gasteiger partial charge in [0, 0.05) is 28.8 Å². The Bertz CT molecular complexity index is 360. The molecule has 1 atom stereocenters. The summed E-state index contributed by atoms with van der Waals surface area (Å²) in [7, 11) is 0. The highest BCUT2D eigenvalue weighted by atomic mass is 79.9. The lowest BCUT2D eigenvalue weighted by molar-refractivity contribution is 0.0934. The van der Waals surface area contributed by atoms with Gasteiger partial charge in [-0.15, -0.1) is 11.6 Å². The Hall–Kier alpha value is -0.610. The third kappa shape index (κ3) is 4.10. The summed E-state index contributed by atoms with van der Waals surface area (Å²) in [6.45, 7) is 2.02. The molecule has 1 heterocycles. The molecule has 3 nitrogen and oxygen atoms in total. The molecule has 0 spiro atoms. The fourth-order valence-corrected chi connectivity index (χ4v) is 1.94. The quantitative estimate of drug-likeness (QED) is 0.850. The van der Waals surface area contributed by atoms with Gasteiger partial charge >= 0.3 is 0 Å². The molecule has 16 heavy (non-hydrogen) atoms. The van der Waals surface area contributed by atoms with Crippen LogP contribution in [-0.2, 0) is 0 Å². The Kier molecular flexibility index (Phi) is 5.77. The molecule has 1 aromatic heterocycles. The number of rotatable bonds is 5. The number of nitrogens with one attached hydrogen (secondary N) is 1. The first-order chi connectivity index (χ1) is 7.67. The van der Waals surface area contributed by atoms with Crippen molar-refractivity contribution in [3.05, 3.63) is 28.5 Å². The van der Waals surface area contributed by atoms with Crippen LogP contribution in [0, 0.1) is 0 Å². The standard InChI is InChI=1S/C11H14BrClN2O/c1-2-10(3-4-13)15-11(16)8-5-9(12)7-14-6-8/h5-7,10H,2-4H2,1H3,(H,15,16). The SMILES string of the molecule is CCC(CCCl)NC(=O)c1cncc(Br)c1. The number of alkyl halides is 1. The molecular formula is C11H14BrClN2O. The van der Waals surface area contributed by atoms with E-state index in [2.05, 4.69) is 26.2 Å². The van der Waals surface area contributed by atoms with E-state index in [-0.39, 0.29) is 11.9 Å². The van der Waals surface area contributed by atoms with Crippen LogP contribution in [0.3, 0.4) is 0 Å². The third-order valence-electron chi connectivity index (χ3n) is 2.25. The second-order valence-electron chi connectivity index (χ2n) is 3.45. The minimum absolute atomic E-state index is 0.106. The fraction of sp³-hybridized carbons (Fsp3) is 0.455. The molecule has 0 saturated heterocycles. The van der Waals surface area contributed by atoms with Crippen LogP contribution >= 0.6 is 27.5 Å². The summed E-state index contributed by atoms with van der Waals surface area (Å²) >= 11 is 8.94. The number of amides is 1. The first kappa shape index (κ1) is 13.5. The number of halogens is 2. The Labute approximate surface area is 109 Å². The van der Waals surface area contributed by atoms with Crippen molar-refractivity contribution in [2.75, 3.05) is 5.88 Å². The highest BCUT2D eigenvalue weighted by Crippen LogP contribution is 2.10. The number of hydrogen-bond acceptors (Lipinski definition) is 2. The normalized spacial score (nSPS) is 12.2. The first-order valence-electron chi connectivity index (χ1n) is 5.14. The molecule has 1 N–H and O–H groups in total. The zero-order valence-electron chi connectivity index (χ0n) is 9.04. The predicted octanol–water partition coefficient (Wildman–Crippen LogP) is 2.98. The van der Waals surface area contributed by atoms with Crippen LogP contribution in [0.1, 0.15) is 30.1 Å². The number of aromatic nitrogens is 1. The van der Waals surface area contributed by atoms with E-state index in [0.717, 1.165) is 17.3 Å². The topological polar surface area (TPSA) is 42.0 Å². The molecule has 0 aliphatic rings. The molecule has 1 aromatic rings. The largest absolute Gasteiger partial charge is 0.349 e. The van der Waals surface area contributed by atoms with Gasteiger partial charge in [0.1, 0.15) is 0 Å². The van der Waals surface area contributed by atoms with Gasteiger partial charge in [0.05, 0.1) is 5.56 Å². The van der Waals surface area contributed by atoms with E-state index >= 15 is 0 Å². The van der Waals surface area contributed by atoms with Crippen LogP contribution in [-0.4, -0.2) is 22.8 Å². The minimum Gasteiger partial charge on any atom is -0.349 e. The summed E-state index contributed by atoms with van der Waals surface area (Å²) in [6, 6.07) is 1.87. The molecule has 0 bridgehead atoms. The Morgan fingerprint density at radius 1 is 1.62 bits per heavy atom. The monoisotopic (exact) mass is 304 g/mol. The lowest BCUT2D eigenvalue weighted by Crippen LogP contribution is -2.34. The highest BCUT2D eigenvalue weighted by molar-refractivity contribution is 9.10. The van der Waals surface area contributed by atoms with Gasteiger partial charge in [-0.3, -0.25) is 9.78 Å². The molecule has 0 fully saturated rings. The van der Waals surface area contributed by atoms with E-state index in [0.29, 0.717) is 11.4 Å². The summed E-state index contributed by atoms with van der Waals surface area (Å²) in [4.78, 5) is 15.8. The Morgan fingerprint density at radius 2 is 2.38 bits per heavy atom. The lowest BCUT2D eigenvalue weighted by atomic mass is 10.1. The van der Waals surface area contributed by atoms with Crippen LogP contribution < -0.4 is 5.32 Å². The van der Waals surface area contributed by atoms with Crippen LogP contribution in [0.2, 0.25) is 0 Å². The van der Waals surface area contributed by atoms with E-state index in [4.69, 9.17) is 11.6 Å². The second kappa shape index (κ2) is 6.86. The van der Waals surface area contributed by atoms with Crippen molar-refractivity contribution >= 4 is 33.4 Å². The first-order valence-corrected chi connectivity index (χ1v) is 6.47. The maximum absolute atomic E-state index is 11.8. The number of hydrogen-bond donors (Lipinski definition) is 1. The van der Waals surface area contributed by atoms with Gasteiger partial charge in [-0.2, -0.15) is 0 Å². The summed E-state index contributed by atoms with van der Waals surface area (Å²) in [5, 5.41) is 2.93. The summed E-state index contributed by atoms with van der Waals surface area (Å²) in [5.41, 5.74) is 0.558. The van der Waals surface area contributed by atoms with Gasteiger partial charge in [0.25, 0.3) is 5.91 Å². The molecule has 5 heteroatoms. The minimum atomic E-state index is -0.106. The molecule has 1 unspecified atom stereocenters. The zero-order chi connectivity index (χ0) is 12.0. The van der Waals surface area contributed by atoms with Gasteiger partial charge in [-0.25, -0.2) is 0 Å². The van der Waals surface area contributed by atoms with Crippen molar-refractivity contribution < 1.29 is 4.79 Å². The smallest absolute Gasteiger partial charge is 0.253 e. The van der Waals surface area contributed by atoms with Crippen molar-refractivity contribution in [2.24, 2.45) is 0 Å². The number of carbonyl (C=O) groups is 1. The predicted molar refractivity (Wildman–Crippen MR) is 68.8 cm³/mol. The second-order valence-corrected chi connectivity index (χ2v) is 4.74. The molecule has 0 saturated carbocycles. The number of nitrogens with zero attached hydrogens (tertiary/aromatic N) is 1. The third-order valence-corrected chi connectivity index (χ3v) is 2.90. The molecule has 0 radical (unpaired) electrons. The molecule has 0 aliphatic heterocycles. The van der Waals surface area contributed by atoms with Gasteiger partial charge in [0.15, 0.2) is 0 Å². The van der Waals surface area contributed by atoms with Crippen LogP contribution in [0.5, 0.6) is 0 Å². The van der Waals surface area contributed by atoms with Crippen molar-refractivity contribution in [1.82, 2.24) is 10.3 Å². The van der Waals surface area contributed by atoms with Crippen molar-refractivity contribution in [1.29, 1.82) is 0 Å². The summed E-state index contributed by atoms with van der Waals surface area (Å²) in [5.74, 6) is 0.445. The van der Waals surface area contributed by atoms with E-state index in [1.165, 1.54) is 0 Å². The molecule has 1 amide bonds. The molecule has 1 rings (SSSR count). The fourth-order valence-electron chi connectivity index (χ4n) is 1.31. The molecule has 0 aromatic carbocycles. The van der Waals surface area contributed by atoms with Crippen LogP contribution in [0.25, 0.3) is 0 Å². The molecular weight excluding hydrogens is 291 g/mol. The van der Waals surface area contributed by atoms with Crippen LogP contribution in [0.4, 0.5) is 0 Å². The lowest BCUT2D eigenvalue weighted by Gasteiger charge is -2.15. The van der Waals surface area contributed by atoms with Gasteiger partial charge in [-0.1, -0.05) is 6.92 Å². The van der Waals surface area contributed by atoms with Gasteiger partial charge < -0.3 is 5.32 Å². The van der Waals surface area contributed by atoms with E-state index in [9.17, 15) is 4.79 Å². The number of carbonyl (C=O) groups excluding carboxylic acids is 1. The number of pyridine rings is 1. The maximum Gasteiger partial charge on any atom is 0.253 e. The molecule has 88 valence electrons. The van der Waals surface area contributed by atoms with Crippen molar-refractivity contribution in [2.45, 2.75) is 25.8 Å². The molecule has 0 aliphatic carbocycles. The van der Waals surface area contributed by atoms with Crippen molar-refractivity contribution in [3.8, 4) is 0 Å². The highest BCUT2D eigenvalue weighted by Gasteiger charge is 2.11. The Balaban J connectivity index is 2.64.